The molecule has 1 heterocycles. The van der Waals surface area contributed by atoms with Crippen molar-refractivity contribution in [1.29, 1.82) is 0 Å². The molecule has 2 aromatic carbocycles. The quantitative estimate of drug-likeness (QED) is 0.480. The maximum atomic E-state index is 12.8. The predicted molar refractivity (Wildman–Crippen MR) is 87.3 cm³/mol. The number of anilines is 1. The van der Waals surface area contributed by atoms with Crippen LogP contribution < -0.4 is 9.64 Å². The molecule has 0 N–H and O–H groups in total. The summed E-state index contributed by atoms with van der Waals surface area (Å²) in [4.78, 5) is 36.1. The van der Waals surface area contributed by atoms with Gasteiger partial charge in [0.05, 0.1) is 17.7 Å². The van der Waals surface area contributed by atoms with E-state index >= 15 is 0 Å². The zero-order valence-corrected chi connectivity index (χ0v) is 13.2. The molecule has 0 bridgehead atoms. The van der Waals surface area contributed by atoms with Crippen molar-refractivity contribution in [2.24, 2.45) is 0 Å². The minimum Gasteiger partial charge on any atom is -0.474 e. The lowest BCUT2D eigenvalue weighted by atomic mass is 10.1. The van der Waals surface area contributed by atoms with Gasteiger partial charge < -0.3 is 9.47 Å². The van der Waals surface area contributed by atoms with Crippen LogP contribution in [0.4, 0.5) is 11.4 Å². The highest BCUT2D eigenvalue weighted by Gasteiger charge is 2.37. The van der Waals surface area contributed by atoms with Crippen molar-refractivity contribution in [1.82, 2.24) is 0 Å². The number of amides is 1. The van der Waals surface area contributed by atoms with E-state index in [0.29, 0.717) is 5.56 Å². The second-order valence-corrected chi connectivity index (χ2v) is 5.32. The molecule has 8 heteroatoms. The smallest absolute Gasteiger partial charge is 0.325 e. The molecule has 1 aliphatic rings. The van der Waals surface area contributed by atoms with Gasteiger partial charge in [0.1, 0.15) is 12.3 Å². The molecule has 128 valence electrons. The lowest BCUT2D eigenvalue weighted by Gasteiger charge is -2.33. The van der Waals surface area contributed by atoms with Crippen LogP contribution in [-0.2, 0) is 14.3 Å². The van der Waals surface area contributed by atoms with E-state index in [4.69, 9.17) is 4.74 Å². The van der Waals surface area contributed by atoms with Gasteiger partial charge in [-0.2, -0.15) is 0 Å². The number of carbonyl (C=O) groups is 2. The van der Waals surface area contributed by atoms with Crippen LogP contribution in [0.5, 0.6) is 5.75 Å². The van der Waals surface area contributed by atoms with Gasteiger partial charge in [-0.15, -0.1) is 0 Å². The Labute approximate surface area is 142 Å². The van der Waals surface area contributed by atoms with E-state index in [9.17, 15) is 19.7 Å². The Morgan fingerprint density at radius 2 is 2.00 bits per heavy atom. The van der Waals surface area contributed by atoms with Crippen molar-refractivity contribution < 1.29 is 24.0 Å². The maximum Gasteiger partial charge on any atom is 0.325 e. The molecule has 1 amide bonds. The van der Waals surface area contributed by atoms with Gasteiger partial charge in [-0.25, -0.2) is 0 Å². The Hall–Kier alpha value is -3.42. The third-order valence-electron chi connectivity index (χ3n) is 3.80. The number of rotatable bonds is 4. The molecule has 0 fully saturated rings. The van der Waals surface area contributed by atoms with Crippen LogP contribution in [0.3, 0.4) is 0 Å². The van der Waals surface area contributed by atoms with Crippen LogP contribution in [0, 0.1) is 10.1 Å². The van der Waals surface area contributed by atoms with Crippen LogP contribution in [-0.4, -0.2) is 30.5 Å². The van der Waals surface area contributed by atoms with Crippen LogP contribution in [0.1, 0.15) is 11.7 Å². The topological polar surface area (TPSA) is 99.0 Å². The summed E-state index contributed by atoms with van der Waals surface area (Å²) < 4.78 is 10.4. The molecule has 1 atom stereocenters. The number of esters is 1. The third-order valence-corrected chi connectivity index (χ3v) is 3.80. The van der Waals surface area contributed by atoms with Crippen molar-refractivity contribution in [2.75, 3.05) is 18.6 Å². The fourth-order valence-corrected chi connectivity index (χ4v) is 2.56. The second kappa shape index (κ2) is 6.60. The number of nitro benzene ring substituents is 1. The number of methoxy groups -OCH3 is 1. The lowest BCUT2D eigenvalue weighted by molar-refractivity contribution is -0.384. The van der Waals surface area contributed by atoms with Gasteiger partial charge in [-0.3, -0.25) is 24.6 Å². The Morgan fingerprint density at radius 1 is 1.28 bits per heavy atom. The maximum absolute atomic E-state index is 12.8. The molecular weight excluding hydrogens is 328 g/mol. The molecule has 8 nitrogen and oxygen atoms in total. The Morgan fingerprint density at radius 3 is 2.64 bits per heavy atom. The number of carbonyl (C=O) groups excluding carboxylic acids is 2. The fourth-order valence-electron chi connectivity index (χ4n) is 2.56. The molecule has 0 saturated carbocycles. The SMILES string of the molecule is COC(=O)CN1C(=O)[C@H](c2ccccc2)Oc2ccc([N+](=O)[O-])cc21. The number of nitrogens with zero attached hydrogens (tertiary/aromatic N) is 2. The Kier molecular flexibility index (Phi) is 4.34. The molecular formula is C17H14N2O6. The van der Waals surface area contributed by atoms with Crippen LogP contribution in [0.25, 0.3) is 0 Å². The highest BCUT2D eigenvalue weighted by molar-refractivity contribution is 6.03. The van der Waals surface area contributed by atoms with E-state index < -0.39 is 22.9 Å². The van der Waals surface area contributed by atoms with Crippen molar-refractivity contribution >= 4 is 23.3 Å². The normalized spacial score (nSPS) is 16.0. The predicted octanol–water partition coefficient (Wildman–Crippen LogP) is 2.23. The summed E-state index contributed by atoms with van der Waals surface area (Å²) in [5.41, 5.74) is 0.575. The Balaban J connectivity index is 2.07. The zero-order chi connectivity index (χ0) is 18.0. The number of benzene rings is 2. The second-order valence-electron chi connectivity index (χ2n) is 5.32. The van der Waals surface area contributed by atoms with Crippen molar-refractivity contribution in [2.45, 2.75) is 6.10 Å². The number of fused-ring (bicyclic) bond motifs is 1. The largest absolute Gasteiger partial charge is 0.474 e. The molecule has 0 saturated heterocycles. The molecule has 0 unspecified atom stereocenters. The van der Waals surface area contributed by atoms with E-state index in [1.807, 2.05) is 0 Å². The highest BCUT2D eigenvalue weighted by Crippen LogP contribution is 2.40. The van der Waals surface area contributed by atoms with E-state index in [-0.39, 0.29) is 23.7 Å². The zero-order valence-electron chi connectivity index (χ0n) is 13.2. The average molecular weight is 342 g/mol. The minimum absolute atomic E-state index is 0.164. The number of nitro groups is 1. The monoisotopic (exact) mass is 342 g/mol. The summed E-state index contributed by atoms with van der Waals surface area (Å²) in [6, 6.07) is 12.7. The first-order valence-corrected chi connectivity index (χ1v) is 7.39. The number of ether oxygens (including phenoxy) is 2. The third kappa shape index (κ3) is 3.14. The number of hydrogen-bond acceptors (Lipinski definition) is 6. The average Bonchev–Trinajstić information content (AvgIpc) is 2.63. The molecule has 1 aliphatic heterocycles. The van der Waals surface area contributed by atoms with Crippen LogP contribution in [0.2, 0.25) is 0 Å². The first-order valence-electron chi connectivity index (χ1n) is 7.39. The minimum atomic E-state index is -0.945. The van der Waals surface area contributed by atoms with Gasteiger partial charge in [0.25, 0.3) is 11.6 Å². The van der Waals surface area contributed by atoms with E-state index in [1.165, 1.54) is 25.3 Å². The summed E-state index contributed by atoms with van der Waals surface area (Å²) >= 11 is 0. The van der Waals surface area contributed by atoms with Gasteiger partial charge in [0.2, 0.25) is 6.10 Å². The van der Waals surface area contributed by atoms with Gasteiger partial charge in [0.15, 0.2) is 0 Å². The standard InChI is InChI=1S/C17H14N2O6/c1-24-15(20)10-18-13-9-12(19(22)23)7-8-14(13)25-16(17(18)21)11-5-3-2-4-6-11/h2-9,16H,10H2,1H3/t16-/m0/s1. The van der Waals surface area contributed by atoms with Crippen molar-refractivity contribution in [3.8, 4) is 5.75 Å². The number of non-ortho nitro benzene ring substituents is 1. The molecule has 0 spiro atoms. The molecule has 2 aromatic rings. The number of hydrogen-bond donors (Lipinski definition) is 0. The molecule has 3 rings (SSSR count). The Bertz CT molecular complexity index is 836. The van der Waals surface area contributed by atoms with E-state index in [0.717, 1.165) is 4.90 Å². The molecule has 25 heavy (non-hydrogen) atoms. The molecule has 0 aliphatic carbocycles. The van der Waals surface area contributed by atoms with Crippen molar-refractivity contribution in [3.63, 3.8) is 0 Å². The van der Waals surface area contributed by atoms with Gasteiger partial charge in [-0.1, -0.05) is 30.3 Å². The van der Waals surface area contributed by atoms with E-state index in [2.05, 4.69) is 4.74 Å². The van der Waals surface area contributed by atoms with E-state index in [1.54, 1.807) is 30.3 Å². The highest BCUT2D eigenvalue weighted by atomic mass is 16.6. The first-order chi connectivity index (χ1) is 12.0. The van der Waals surface area contributed by atoms with Crippen LogP contribution >= 0.6 is 0 Å². The lowest BCUT2D eigenvalue weighted by Crippen LogP contribution is -2.44. The first kappa shape index (κ1) is 16.4. The summed E-state index contributed by atoms with van der Waals surface area (Å²) in [6.07, 6.45) is -0.945. The molecule has 0 aromatic heterocycles. The summed E-state index contributed by atoms with van der Waals surface area (Å²) in [7, 11) is 1.20. The van der Waals surface area contributed by atoms with Gasteiger partial charge in [0, 0.05) is 17.7 Å². The summed E-state index contributed by atoms with van der Waals surface area (Å²) in [5, 5.41) is 11.0. The fraction of sp³-hybridized carbons (Fsp3) is 0.176. The summed E-state index contributed by atoms with van der Waals surface area (Å²) in [5.74, 6) is -0.855. The van der Waals surface area contributed by atoms with Gasteiger partial charge >= 0.3 is 5.97 Å². The summed E-state index contributed by atoms with van der Waals surface area (Å²) in [6.45, 7) is -0.365. The van der Waals surface area contributed by atoms with Crippen LogP contribution in [0.15, 0.2) is 48.5 Å². The molecule has 0 radical (unpaired) electrons. The van der Waals surface area contributed by atoms with Crippen molar-refractivity contribution in [3.05, 3.63) is 64.2 Å². The van der Waals surface area contributed by atoms with Gasteiger partial charge in [-0.05, 0) is 6.07 Å².